The van der Waals surface area contributed by atoms with Crippen LogP contribution < -0.4 is 0 Å². The summed E-state index contributed by atoms with van der Waals surface area (Å²) in [6.45, 7) is 0. The van der Waals surface area contributed by atoms with Crippen molar-refractivity contribution < 1.29 is 0 Å². The van der Waals surface area contributed by atoms with E-state index in [2.05, 4.69) is 209 Å². The van der Waals surface area contributed by atoms with Crippen LogP contribution in [-0.4, -0.2) is 9.13 Å². The molecule has 0 saturated carbocycles. The number of fused-ring (bicyclic) bond motifs is 7. The van der Waals surface area contributed by atoms with Gasteiger partial charge in [-0.2, -0.15) is 0 Å². The van der Waals surface area contributed by atoms with Crippen molar-refractivity contribution >= 4 is 54.9 Å². The Labute approximate surface area is 327 Å². The van der Waals surface area contributed by atoms with E-state index in [4.69, 9.17) is 0 Å². The van der Waals surface area contributed by atoms with Gasteiger partial charge < -0.3 is 9.13 Å². The van der Waals surface area contributed by atoms with Gasteiger partial charge in [-0.25, -0.2) is 0 Å². The van der Waals surface area contributed by atoms with E-state index < -0.39 is 0 Å². The SMILES string of the molecule is C1=CC(c2cc(-c3ccccc3)cc(-c3ccc(-n4c5ccccc5c5c6c(ccc54)c4ccccc4n6C4=CCC(c5ccccc5)C=C4)cc3)c2)=CCC1. The summed E-state index contributed by atoms with van der Waals surface area (Å²) in [5.41, 5.74) is 16.1. The Balaban J connectivity index is 1.06. The zero-order chi connectivity index (χ0) is 37.0. The lowest BCUT2D eigenvalue weighted by Crippen LogP contribution is -2.03. The van der Waals surface area contributed by atoms with E-state index in [9.17, 15) is 0 Å². The van der Waals surface area contributed by atoms with Crippen LogP contribution >= 0.6 is 0 Å². The molecule has 0 aliphatic heterocycles. The maximum atomic E-state index is 2.51. The number of benzene rings is 7. The van der Waals surface area contributed by atoms with Gasteiger partial charge in [-0.05, 0) is 113 Å². The Hall–Kier alpha value is -6.90. The first-order chi connectivity index (χ1) is 27.8. The minimum absolute atomic E-state index is 0.381. The molecule has 11 rings (SSSR count). The molecule has 56 heavy (non-hydrogen) atoms. The van der Waals surface area contributed by atoms with Crippen molar-refractivity contribution in [1.82, 2.24) is 9.13 Å². The van der Waals surface area contributed by atoms with Crippen molar-refractivity contribution in [2.45, 2.75) is 25.2 Å². The van der Waals surface area contributed by atoms with Gasteiger partial charge in [-0.3, -0.25) is 0 Å². The fourth-order valence-corrected chi connectivity index (χ4v) is 9.17. The Morgan fingerprint density at radius 3 is 1.82 bits per heavy atom. The highest BCUT2D eigenvalue weighted by Crippen LogP contribution is 2.43. The molecule has 7 aromatic carbocycles. The first kappa shape index (κ1) is 32.5. The molecule has 0 fully saturated rings. The smallest absolute Gasteiger partial charge is 0.0641 e. The Bertz CT molecular complexity index is 3080. The molecular weight excluding hydrogens is 677 g/mol. The summed E-state index contributed by atoms with van der Waals surface area (Å²) >= 11 is 0. The first-order valence-corrected chi connectivity index (χ1v) is 19.9. The number of allylic oxidation sites excluding steroid dienone is 8. The fraction of sp³-hybridized carbons (Fsp3) is 0.0741. The zero-order valence-electron chi connectivity index (χ0n) is 31.1. The molecule has 2 aliphatic carbocycles. The van der Waals surface area contributed by atoms with Gasteiger partial charge in [-0.1, -0.05) is 146 Å². The van der Waals surface area contributed by atoms with Gasteiger partial charge in [0, 0.05) is 38.8 Å². The van der Waals surface area contributed by atoms with Gasteiger partial charge in [0.1, 0.15) is 0 Å². The summed E-state index contributed by atoms with van der Waals surface area (Å²) in [4.78, 5) is 0. The minimum atomic E-state index is 0.381. The van der Waals surface area contributed by atoms with Crippen LogP contribution in [0.3, 0.4) is 0 Å². The van der Waals surface area contributed by atoms with Crippen LogP contribution in [0.1, 0.15) is 36.3 Å². The largest absolute Gasteiger partial charge is 0.309 e. The molecule has 0 spiro atoms. The summed E-state index contributed by atoms with van der Waals surface area (Å²) in [7, 11) is 0. The van der Waals surface area contributed by atoms with Crippen LogP contribution in [0.15, 0.2) is 200 Å². The van der Waals surface area contributed by atoms with E-state index in [1.54, 1.807) is 0 Å². The Morgan fingerprint density at radius 2 is 1.11 bits per heavy atom. The molecule has 0 saturated heterocycles. The van der Waals surface area contributed by atoms with E-state index in [0.717, 1.165) is 24.9 Å². The van der Waals surface area contributed by atoms with Gasteiger partial charge in [0.2, 0.25) is 0 Å². The first-order valence-electron chi connectivity index (χ1n) is 19.9. The number of aromatic nitrogens is 2. The van der Waals surface area contributed by atoms with Crippen molar-refractivity contribution in [3.05, 3.63) is 211 Å². The summed E-state index contributed by atoms with van der Waals surface area (Å²) in [6.07, 6.45) is 17.3. The second-order valence-electron chi connectivity index (χ2n) is 15.2. The van der Waals surface area contributed by atoms with Crippen LogP contribution in [0.25, 0.3) is 82.8 Å². The lowest BCUT2D eigenvalue weighted by atomic mass is 9.91. The maximum absolute atomic E-state index is 2.51. The molecule has 2 aliphatic rings. The van der Waals surface area contributed by atoms with Gasteiger partial charge in [0.15, 0.2) is 0 Å². The number of para-hydroxylation sites is 2. The molecule has 2 heteroatoms. The maximum Gasteiger partial charge on any atom is 0.0641 e. The molecule has 266 valence electrons. The molecule has 0 amide bonds. The molecule has 1 atom stereocenters. The fourth-order valence-electron chi connectivity index (χ4n) is 9.17. The van der Waals surface area contributed by atoms with Crippen LogP contribution in [-0.2, 0) is 0 Å². The van der Waals surface area contributed by atoms with Crippen molar-refractivity contribution in [3.8, 4) is 27.9 Å². The van der Waals surface area contributed by atoms with E-state index in [1.807, 2.05) is 0 Å². The third-order valence-corrected chi connectivity index (χ3v) is 11.9. The molecular formula is C54H40N2. The van der Waals surface area contributed by atoms with Crippen molar-refractivity contribution in [2.75, 3.05) is 0 Å². The molecule has 9 aromatic rings. The molecule has 1 unspecified atom stereocenters. The number of nitrogens with zero attached hydrogens (tertiary/aromatic N) is 2. The van der Waals surface area contributed by atoms with Crippen LogP contribution in [0.4, 0.5) is 0 Å². The van der Waals surface area contributed by atoms with E-state index in [1.165, 1.54) is 88.3 Å². The highest BCUT2D eigenvalue weighted by Gasteiger charge is 2.22. The van der Waals surface area contributed by atoms with Crippen molar-refractivity contribution in [1.29, 1.82) is 0 Å². The van der Waals surface area contributed by atoms with Crippen molar-refractivity contribution in [2.24, 2.45) is 0 Å². The van der Waals surface area contributed by atoms with E-state index in [0.29, 0.717) is 5.92 Å². The molecule has 0 radical (unpaired) electrons. The number of rotatable bonds is 6. The highest BCUT2D eigenvalue weighted by atomic mass is 15.0. The minimum Gasteiger partial charge on any atom is -0.309 e. The second kappa shape index (κ2) is 13.4. The molecule has 2 heterocycles. The average molecular weight is 717 g/mol. The van der Waals surface area contributed by atoms with Crippen LogP contribution in [0, 0.1) is 0 Å². The molecule has 0 N–H and O–H groups in total. The normalized spacial score (nSPS) is 15.5. The van der Waals surface area contributed by atoms with Crippen molar-refractivity contribution in [3.63, 3.8) is 0 Å². The standard InChI is InChI=1S/C54H40N2/c1-4-14-37(15-5-1)40-24-30-46(31-25-40)56-50-22-12-10-20-47(50)48-32-33-52-53(54(48)56)49-21-11-13-23-51(49)55(52)45-28-26-41(27-29-45)44-35-42(38-16-6-2-7-17-38)34-43(36-44)39-18-8-3-9-19-39/h1-2,4-8,10-24,26-36,40H,3,9,25H2. The van der Waals surface area contributed by atoms with Crippen LogP contribution in [0.5, 0.6) is 0 Å². The number of hydrogen-bond donors (Lipinski definition) is 0. The predicted molar refractivity (Wildman–Crippen MR) is 238 cm³/mol. The van der Waals surface area contributed by atoms with Gasteiger partial charge >= 0.3 is 0 Å². The van der Waals surface area contributed by atoms with E-state index >= 15 is 0 Å². The summed E-state index contributed by atoms with van der Waals surface area (Å²) in [6, 6.07) is 60.3. The molecule has 0 bridgehead atoms. The third-order valence-electron chi connectivity index (χ3n) is 11.9. The van der Waals surface area contributed by atoms with Gasteiger partial charge in [-0.15, -0.1) is 0 Å². The highest BCUT2D eigenvalue weighted by molar-refractivity contribution is 6.26. The van der Waals surface area contributed by atoms with E-state index in [-0.39, 0.29) is 0 Å². The third kappa shape index (κ3) is 5.40. The summed E-state index contributed by atoms with van der Waals surface area (Å²) in [5.74, 6) is 0.381. The lowest BCUT2D eigenvalue weighted by Gasteiger charge is -2.19. The monoisotopic (exact) mass is 716 g/mol. The van der Waals surface area contributed by atoms with Gasteiger partial charge in [0.25, 0.3) is 0 Å². The topological polar surface area (TPSA) is 9.86 Å². The second-order valence-corrected chi connectivity index (χ2v) is 15.2. The average Bonchev–Trinajstić information content (AvgIpc) is 3.80. The number of hydrogen-bond acceptors (Lipinski definition) is 0. The van der Waals surface area contributed by atoms with Crippen LogP contribution in [0.2, 0.25) is 0 Å². The molecule has 2 aromatic heterocycles. The Kier molecular flexibility index (Phi) is 7.81. The predicted octanol–water partition coefficient (Wildman–Crippen LogP) is 14.5. The van der Waals surface area contributed by atoms with Gasteiger partial charge in [0.05, 0.1) is 22.1 Å². The molecule has 2 nitrogen and oxygen atoms in total. The zero-order valence-corrected chi connectivity index (χ0v) is 31.1. The quantitative estimate of drug-likeness (QED) is 0.162. The Morgan fingerprint density at radius 1 is 0.446 bits per heavy atom. The summed E-state index contributed by atoms with van der Waals surface area (Å²) in [5, 5.41) is 5.11. The lowest BCUT2D eigenvalue weighted by molar-refractivity contribution is 0.850. The summed E-state index contributed by atoms with van der Waals surface area (Å²) < 4.78 is 4.97.